The number of benzene rings is 1. The Morgan fingerprint density at radius 1 is 1.00 bits per heavy atom. The molecule has 1 aromatic carbocycles. The SMILES string of the molecule is CC(C)NC(=O)N1CCCN(C(=O)CNC(=O)c2ccccc2)CC1. The molecule has 0 radical (unpaired) electrons. The lowest BCUT2D eigenvalue weighted by atomic mass is 10.2. The maximum atomic E-state index is 12.3. The summed E-state index contributed by atoms with van der Waals surface area (Å²) in [5.74, 6) is -0.392. The van der Waals surface area contributed by atoms with Gasteiger partial charge in [0.2, 0.25) is 5.91 Å². The molecule has 25 heavy (non-hydrogen) atoms. The quantitative estimate of drug-likeness (QED) is 0.856. The van der Waals surface area contributed by atoms with E-state index in [0.717, 1.165) is 6.42 Å². The minimum Gasteiger partial charge on any atom is -0.343 e. The van der Waals surface area contributed by atoms with Gasteiger partial charge in [-0.3, -0.25) is 9.59 Å². The first kappa shape index (κ1) is 18.8. The van der Waals surface area contributed by atoms with E-state index in [-0.39, 0.29) is 30.4 Å². The summed E-state index contributed by atoms with van der Waals surface area (Å²) >= 11 is 0. The van der Waals surface area contributed by atoms with E-state index >= 15 is 0 Å². The summed E-state index contributed by atoms with van der Waals surface area (Å²) in [7, 11) is 0. The molecule has 1 saturated heterocycles. The number of urea groups is 1. The highest BCUT2D eigenvalue weighted by molar-refractivity contribution is 5.96. The van der Waals surface area contributed by atoms with Crippen LogP contribution in [0, 0.1) is 0 Å². The Morgan fingerprint density at radius 3 is 2.32 bits per heavy atom. The van der Waals surface area contributed by atoms with Crippen LogP contribution in [0.2, 0.25) is 0 Å². The Hall–Kier alpha value is -2.57. The van der Waals surface area contributed by atoms with Crippen LogP contribution in [0.4, 0.5) is 4.79 Å². The Balaban J connectivity index is 1.80. The predicted molar refractivity (Wildman–Crippen MR) is 95.2 cm³/mol. The van der Waals surface area contributed by atoms with E-state index in [1.807, 2.05) is 19.9 Å². The summed E-state index contributed by atoms with van der Waals surface area (Å²) in [6, 6.07) is 8.79. The third kappa shape index (κ3) is 5.77. The molecule has 1 aromatic rings. The van der Waals surface area contributed by atoms with Crippen LogP contribution in [0.25, 0.3) is 0 Å². The Bertz CT molecular complexity index is 604. The van der Waals surface area contributed by atoms with Crippen molar-refractivity contribution in [3.05, 3.63) is 35.9 Å². The van der Waals surface area contributed by atoms with Crippen molar-refractivity contribution in [2.75, 3.05) is 32.7 Å². The Morgan fingerprint density at radius 2 is 1.64 bits per heavy atom. The van der Waals surface area contributed by atoms with E-state index in [2.05, 4.69) is 10.6 Å². The molecular weight excluding hydrogens is 320 g/mol. The molecule has 2 rings (SSSR count). The molecule has 0 saturated carbocycles. The van der Waals surface area contributed by atoms with E-state index < -0.39 is 0 Å². The van der Waals surface area contributed by atoms with Crippen molar-refractivity contribution >= 4 is 17.8 Å². The maximum absolute atomic E-state index is 12.3. The number of nitrogens with one attached hydrogen (secondary N) is 2. The van der Waals surface area contributed by atoms with Gasteiger partial charge in [-0.15, -0.1) is 0 Å². The Kier molecular flexibility index (Phi) is 6.80. The third-order valence-electron chi connectivity index (χ3n) is 3.98. The number of rotatable bonds is 4. The van der Waals surface area contributed by atoms with Crippen LogP contribution in [0.15, 0.2) is 30.3 Å². The average Bonchev–Trinajstić information content (AvgIpc) is 2.86. The van der Waals surface area contributed by atoms with E-state index in [4.69, 9.17) is 0 Å². The number of amides is 4. The van der Waals surface area contributed by atoms with E-state index in [9.17, 15) is 14.4 Å². The largest absolute Gasteiger partial charge is 0.343 e. The number of hydrogen-bond acceptors (Lipinski definition) is 3. The van der Waals surface area contributed by atoms with Crippen molar-refractivity contribution in [1.29, 1.82) is 0 Å². The first-order valence-electron chi connectivity index (χ1n) is 8.64. The molecule has 1 aliphatic heterocycles. The number of carbonyl (C=O) groups is 3. The zero-order valence-electron chi connectivity index (χ0n) is 14.8. The van der Waals surface area contributed by atoms with Gasteiger partial charge in [-0.1, -0.05) is 18.2 Å². The molecule has 2 N–H and O–H groups in total. The number of nitrogens with zero attached hydrogens (tertiary/aromatic N) is 2. The molecule has 1 heterocycles. The van der Waals surface area contributed by atoms with Gasteiger partial charge in [0.1, 0.15) is 0 Å². The standard InChI is InChI=1S/C18H26N4O3/c1-14(2)20-18(25)22-10-6-9-21(11-12-22)16(23)13-19-17(24)15-7-4-3-5-8-15/h3-5,7-8,14H,6,9-13H2,1-2H3,(H,19,24)(H,20,25). The molecule has 136 valence electrons. The van der Waals surface area contributed by atoms with Gasteiger partial charge < -0.3 is 20.4 Å². The average molecular weight is 346 g/mol. The first-order valence-corrected chi connectivity index (χ1v) is 8.64. The topological polar surface area (TPSA) is 81.8 Å². The van der Waals surface area contributed by atoms with E-state index in [1.165, 1.54) is 0 Å². The summed E-state index contributed by atoms with van der Waals surface area (Å²) < 4.78 is 0. The van der Waals surface area contributed by atoms with Crippen LogP contribution >= 0.6 is 0 Å². The number of hydrogen-bond donors (Lipinski definition) is 2. The fourth-order valence-corrected chi connectivity index (χ4v) is 2.67. The molecule has 7 heteroatoms. The zero-order chi connectivity index (χ0) is 18.2. The molecule has 7 nitrogen and oxygen atoms in total. The predicted octanol–water partition coefficient (Wildman–Crippen LogP) is 1.07. The minimum atomic E-state index is -0.262. The summed E-state index contributed by atoms with van der Waals surface area (Å²) in [6.45, 7) is 5.99. The second kappa shape index (κ2) is 9.05. The monoisotopic (exact) mass is 346 g/mol. The van der Waals surface area contributed by atoms with Gasteiger partial charge in [-0.2, -0.15) is 0 Å². The molecule has 4 amide bonds. The summed E-state index contributed by atoms with van der Waals surface area (Å²) in [6.07, 6.45) is 0.726. The van der Waals surface area contributed by atoms with Crippen molar-refractivity contribution in [2.45, 2.75) is 26.3 Å². The van der Waals surface area contributed by atoms with Crippen molar-refractivity contribution in [3.63, 3.8) is 0 Å². The fraction of sp³-hybridized carbons (Fsp3) is 0.500. The third-order valence-corrected chi connectivity index (χ3v) is 3.98. The highest BCUT2D eigenvalue weighted by Crippen LogP contribution is 2.04. The van der Waals surface area contributed by atoms with Crippen molar-refractivity contribution in [2.24, 2.45) is 0 Å². The number of carbonyl (C=O) groups excluding carboxylic acids is 3. The maximum Gasteiger partial charge on any atom is 0.317 e. The van der Waals surface area contributed by atoms with Gasteiger partial charge in [0.15, 0.2) is 0 Å². The van der Waals surface area contributed by atoms with Crippen LogP contribution < -0.4 is 10.6 Å². The van der Waals surface area contributed by atoms with E-state index in [1.54, 1.807) is 34.1 Å². The van der Waals surface area contributed by atoms with Crippen molar-refractivity contribution in [1.82, 2.24) is 20.4 Å². The second-order valence-corrected chi connectivity index (χ2v) is 6.37. The first-order chi connectivity index (χ1) is 12.0. The molecule has 0 unspecified atom stereocenters. The molecule has 0 atom stereocenters. The van der Waals surface area contributed by atoms with Gasteiger partial charge in [0.05, 0.1) is 6.54 Å². The lowest BCUT2D eigenvalue weighted by molar-refractivity contribution is -0.129. The van der Waals surface area contributed by atoms with Gasteiger partial charge in [-0.05, 0) is 32.4 Å². The van der Waals surface area contributed by atoms with Crippen molar-refractivity contribution < 1.29 is 14.4 Å². The van der Waals surface area contributed by atoms with Gasteiger partial charge in [0.25, 0.3) is 5.91 Å². The molecule has 0 aromatic heterocycles. The molecule has 1 fully saturated rings. The highest BCUT2D eigenvalue weighted by Gasteiger charge is 2.22. The van der Waals surface area contributed by atoms with Crippen LogP contribution in [0.3, 0.4) is 0 Å². The van der Waals surface area contributed by atoms with Crippen LogP contribution in [0.1, 0.15) is 30.6 Å². The van der Waals surface area contributed by atoms with Gasteiger partial charge in [-0.25, -0.2) is 4.79 Å². The fourth-order valence-electron chi connectivity index (χ4n) is 2.67. The van der Waals surface area contributed by atoms with Crippen molar-refractivity contribution in [3.8, 4) is 0 Å². The van der Waals surface area contributed by atoms with Gasteiger partial charge >= 0.3 is 6.03 Å². The molecule has 1 aliphatic rings. The highest BCUT2D eigenvalue weighted by atomic mass is 16.2. The molecular formula is C18H26N4O3. The molecule has 0 bridgehead atoms. The summed E-state index contributed by atoms with van der Waals surface area (Å²) in [5.41, 5.74) is 0.530. The molecule has 0 aliphatic carbocycles. The summed E-state index contributed by atoms with van der Waals surface area (Å²) in [4.78, 5) is 39.8. The Labute approximate surface area is 148 Å². The van der Waals surface area contributed by atoms with E-state index in [0.29, 0.717) is 31.7 Å². The summed E-state index contributed by atoms with van der Waals surface area (Å²) in [5, 5.41) is 5.52. The van der Waals surface area contributed by atoms with Crippen LogP contribution in [0.5, 0.6) is 0 Å². The lowest BCUT2D eigenvalue weighted by Crippen LogP contribution is -2.45. The lowest BCUT2D eigenvalue weighted by Gasteiger charge is -2.23. The zero-order valence-corrected chi connectivity index (χ0v) is 14.8. The smallest absolute Gasteiger partial charge is 0.317 e. The second-order valence-electron chi connectivity index (χ2n) is 6.37. The molecule has 0 spiro atoms. The van der Waals surface area contributed by atoms with Gasteiger partial charge in [0, 0.05) is 37.8 Å². The van der Waals surface area contributed by atoms with Crippen LogP contribution in [-0.4, -0.2) is 66.4 Å². The van der Waals surface area contributed by atoms with Crippen LogP contribution in [-0.2, 0) is 4.79 Å². The minimum absolute atomic E-state index is 0.0358. The normalized spacial score (nSPS) is 14.8.